The van der Waals surface area contributed by atoms with Gasteiger partial charge in [0.25, 0.3) is 0 Å². The Hall–Kier alpha value is -0.570. The van der Waals surface area contributed by atoms with Crippen molar-refractivity contribution in [2.75, 3.05) is 13.1 Å². The molecular weight excluding hydrogens is 202 g/mol. The van der Waals surface area contributed by atoms with E-state index in [-0.39, 0.29) is 5.92 Å². The van der Waals surface area contributed by atoms with E-state index in [1.54, 1.807) is 0 Å². The molecule has 0 saturated heterocycles. The summed E-state index contributed by atoms with van der Waals surface area (Å²) >= 11 is 0. The van der Waals surface area contributed by atoms with Crippen LogP contribution >= 0.6 is 0 Å². The second kappa shape index (κ2) is 6.89. The van der Waals surface area contributed by atoms with Crippen LogP contribution in [0.4, 0.5) is 0 Å². The maximum Gasteiger partial charge on any atom is 0.306 e. The predicted molar refractivity (Wildman–Crippen MR) is 65.5 cm³/mol. The number of carboxylic acids is 1. The molecule has 1 aliphatic carbocycles. The van der Waals surface area contributed by atoms with Crippen LogP contribution in [0.5, 0.6) is 0 Å². The van der Waals surface area contributed by atoms with E-state index in [0.29, 0.717) is 6.04 Å². The Morgan fingerprint density at radius 3 is 2.00 bits per heavy atom. The second-order valence-corrected chi connectivity index (χ2v) is 4.88. The third-order valence-electron chi connectivity index (χ3n) is 3.58. The number of hydrogen-bond acceptors (Lipinski definition) is 2. The van der Waals surface area contributed by atoms with Gasteiger partial charge in [0.05, 0.1) is 5.92 Å². The summed E-state index contributed by atoms with van der Waals surface area (Å²) in [5.41, 5.74) is 0. The number of hydrogen-bond donors (Lipinski definition) is 1. The zero-order chi connectivity index (χ0) is 12.0. The number of nitrogens with zero attached hydrogens (tertiary/aromatic N) is 1. The fourth-order valence-corrected chi connectivity index (χ4v) is 2.74. The summed E-state index contributed by atoms with van der Waals surface area (Å²) in [7, 11) is 0. The van der Waals surface area contributed by atoms with Crippen molar-refractivity contribution in [3.8, 4) is 0 Å². The van der Waals surface area contributed by atoms with Crippen molar-refractivity contribution >= 4 is 5.97 Å². The summed E-state index contributed by atoms with van der Waals surface area (Å²) in [6.07, 6.45) is 6.25. The molecule has 1 saturated carbocycles. The molecule has 0 aromatic heterocycles. The van der Waals surface area contributed by atoms with Crippen molar-refractivity contribution in [3.63, 3.8) is 0 Å². The first-order valence-electron chi connectivity index (χ1n) is 6.65. The molecule has 1 N–H and O–H groups in total. The summed E-state index contributed by atoms with van der Waals surface area (Å²) in [6.45, 7) is 6.75. The maximum absolute atomic E-state index is 10.9. The first-order chi connectivity index (χ1) is 7.69. The summed E-state index contributed by atoms with van der Waals surface area (Å²) in [5, 5.41) is 8.96. The molecule has 0 aliphatic heterocycles. The monoisotopic (exact) mass is 227 g/mol. The Bertz CT molecular complexity index is 204. The Labute approximate surface area is 98.8 Å². The van der Waals surface area contributed by atoms with Gasteiger partial charge in [-0.1, -0.05) is 13.8 Å². The van der Waals surface area contributed by atoms with Gasteiger partial charge in [0, 0.05) is 6.04 Å². The van der Waals surface area contributed by atoms with Crippen molar-refractivity contribution < 1.29 is 9.90 Å². The predicted octanol–water partition coefficient (Wildman–Crippen LogP) is 2.75. The molecule has 94 valence electrons. The highest BCUT2D eigenvalue weighted by atomic mass is 16.4. The molecule has 0 bridgehead atoms. The van der Waals surface area contributed by atoms with Gasteiger partial charge in [0.15, 0.2) is 0 Å². The van der Waals surface area contributed by atoms with E-state index in [1.165, 1.54) is 12.8 Å². The van der Waals surface area contributed by atoms with E-state index in [9.17, 15) is 4.79 Å². The fraction of sp³-hybridized carbons (Fsp3) is 0.923. The lowest BCUT2D eigenvalue weighted by Gasteiger charge is -2.35. The molecule has 0 aromatic carbocycles. The molecule has 0 aromatic rings. The number of carboxylic acid groups (broad SMARTS) is 1. The van der Waals surface area contributed by atoms with E-state index in [4.69, 9.17) is 5.11 Å². The van der Waals surface area contributed by atoms with Crippen molar-refractivity contribution in [2.45, 2.75) is 58.4 Å². The van der Waals surface area contributed by atoms with Gasteiger partial charge in [0.2, 0.25) is 0 Å². The number of aliphatic carboxylic acids is 1. The Morgan fingerprint density at radius 1 is 1.12 bits per heavy atom. The van der Waals surface area contributed by atoms with E-state index in [1.807, 2.05) is 0 Å². The molecule has 3 nitrogen and oxygen atoms in total. The Kier molecular flexibility index (Phi) is 5.81. The zero-order valence-electron chi connectivity index (χ0n) is 10.6. The third-order valence-corrected chi connectivity index (χ3v) is 3.58. The van der Waals surface area contributed by atoms with Crippen LogP contribution in [0.1, 0.15) is 52.4 Å². The van der Waals surface area contributed by atoms with Gasteiger partial charge < -0.3 is 10.0 Å². The fourth-order valence-electron chi connectivity index (χ4n) is 2.74. The molecule has 1 rings (SSSR count). The quantitative estimate of drug-likeness (QED) is 0.758. The molecule has 0 spiro atoms. The van der Waals surface area contributed by atoms with Crippen LogP contribution in [0.25, 0.3) is 0 Å². The Morgan fingerprint density at radius 2 is 1.62 bits per heavy atom. The maximum atomic E-state index is 10.9. The lowest BCUT2D eigenvalue weighted by Crippen LogP contribution is -2.40. The largest absolute Gasteiger partial charge is 0.481 e. The molecule has 3 heteroatoms. The third kappa shape index (κ3) is 3.78. The van der Waals surface area contributed by atoms with Crippen molar-refractivity contribution in [2.24, 2.45) is 5.92 Å². The van der Waals surface area contributed by atoms with Gasteiger partial charge in [0.1, 0.15) is 0 Å². The van der Waals surface area contributed by atoms with E-state index < -0.39 is 5.97 Å². The Balaban J connectivity index is 2.40. The van der Waals surface area contributed by atoms with Gasteiger partial charge in [-0.2, -0.15) is 0 Å². The van der Waals surface area contributed by atoms with Crippen molar-refractivity contribution in [1.29, 1.82) is 0 Å². The summed E-state index contributed by atoms with van der Waals surface area (Å²) in [5.74, 6) is -0.683. The SMILES string of the molecule is CCCN(CCC)C1CCC(C(=O)O)CC1. The molecule has 0 amide bonds. The number of carbonyl (C=O) groups is 1. The van der Waals surface area contributed by atoms with Gasteiger partial charge in [-0.05, 0) is 51.6 Å². The summed E-state index contributed by atoms with van der Waals surface area (Å²) in [6, 6.07) is 0.635. The van der Waals surface area contributed by atoms with E-state index in [0.717, 1.165) is 38.8 Å². The van der Waals surface area contributed by atoms with Gasteiger partial charge in [-0.15, -0.1) is 0 Å². The average Bonchev–Trinajstić information content (AvgIpc) is 2.29. The summed E-state index contributed by atoms with van der Waals surface area (Å²) in [4.78, 5) is 13.4. The highest BCUT2D eigenvalue weighted by Gasteiger charge is 2.28. The van der Waals surface area contributed by atoms with Gasteiger partial charge in [-0.3, -0.25) is 4.79 Å². The smallest absolute Gasteiger partial charge is 0.306 e. The highest BCUT2D eigenvalue weighted by molar-refractivity contribution is 5.70. The first-order valence-corrected chi connectivity index (χ1v) is 6.65. The normalized spacial score (nSPS) is 25.9. The van der Waals surface area contributed by atoms with Gasteiger partial charge >= 0.3 is 5.97 Å². The molecule has 16 heavy (non-hydrogen) atoms. The first kappa shape index (κ1) is 13.5. The molecule has 1 fully saturated rings. The van der Waals surface area contributed by atoms with Crippen LogP contribution in [0, 0.1) is 5.92 Å². The molecule has 1 aliphatic rings. The molecule has 0 radical (unpaired) electrons. The second-order valence-electron chi connectivity index (χ2n) is 4.88. The number of rotatable bonds is 6. The van der Waals surface area contributed by atoms with Gasteiger partial charge in [-0.25, -0.2) is 0 Å². The minimum absolute atomic E-state index is 0.0821. The molecule has 0 atom stereocenters. The lowest BCUT2D eigenvalue weighted by molar-refractivity contribution is -0.143. The molecular formula is C13H25NO2. The minimum Gasteiger partial charge on any atom is -0.481 e. The average molecular weight is 227 g/mol. The minimum atomic E-state index is -0.601. The van der Waals surface area contributed by atoms with Crippen LogP contribution < -0.4 is 0 Å². The lowest BCUT2D eigenvalue weighted by atomic mass is 9.85. The standard InChI is InChI=1S/C13H25NO2/c1-3-9-14(10-4-2)12-7-5-11(6-8-12)13(15)16/h11-12H,3-10H2,1-2H3,(H,15,16). The van der Waals surface area contributed by atoms with Crippen molar-refractivity contribution in [1.82, 2.24) is 4.90 Å². The van der Waals surface area contributed by atoms with E-state index in [2.05, 4.69) is 18.7 Å². The van der Waals surface area contributed by atoms with Crippen molar-refractivity contribution in [3.05, 3.63) is 0 Å². The van der Waals surface area contributed by atoms with Crippen LogP contribution in [-0.4, -0.2) is 35.1 Å². The summed E-state index contributed by atoms with van der Waals surface area (Å²) < 4.78 is 0. The molecule has 0 heterocycles. The highest BCUT2D eigenvalue weighted by Crippen LogP contribution is 2.27. The topological polar surface area (TPSA) is 40.5 Å². The zero-order valence-corrected chi connectivity index (χ0v) is 10.6. The van der Waals surface area contributed by atoms with E-state index >= 15 is 0 Å². The van der Waals surface area contributed by atoms with Crippen LogP contribution in [0.3, 0.4) is 0 Å². The van der Waals surface area contributed by atoms with Crippen LogP contribution in [0.15, 0.2) is 0 Å². The van der Waals surface area contributed by atoms with Crippen LogP contribution in [-0.2, 0) is 4.79 Å². The van der Waals surface area contributed by atoms with Crippen LogP contribution in [0.2, 0.25) is 0 Å². The molecule has 0 unspecified atom stereocenters.